The molecule has 0 heterocycles. The number of aliphatic carboxylic acids is 1. The lowest BCUT2D eigenvalue weighted by molar-refractivity contribution is -0.172. The van der Waals surface area contributed by atoms with Crippen LogP contribution >= 0.6 is 0 Å². The second kappa shape index (κ2) is 3.84. The van der Waals surface area contributed by atoms with Gasteiger partial charge in [-0.25, -0.2) is 0 Å². The summed E-state index contributed by atoms with van der Waals surface area (Å²) < 4.78 is 0. The zero-order chi connectivity index (χ0) is 12.7. The molecule has 0 saturated heterocycles. The third-order valence-corrected chi connectivity index (χ3v) is 4.27. The number of rotatable bonds is 3. The third-order valence-electron chi connectivity index (χ3n) is 4.27. The first-order valence-electron chi connectivity index (χ1n) is 5.87. The van der Waals surface area contributed by atoms with Crippen molar-refractivity contribution in [3.8, 4) is 0 Å². The Labute approximate surface area is 101 Å². The summed E-state index contributed by atoms with van der Waals surface area (Å²) in [5.41, 5.74) is -0.304. The van der Waals surface area contributed by atoms with E-state index in [1.807, 2.05) is 44.2 Å². The Morgan fingerprint density at radius 3 is 2.24 bits per heavy atom. The van der Waals surface area contributed by atoms with Gasteiger partial charge in [-0.3, -0.25) is 4.79 Å². The maximum atomic E-state index is 11.6. The lowest BCUT2D eigenvalue weighted by Crippen LogP contribution is -2.57. The van der Waals surface area contributed by atoms with Crippen LogP contribution in [0.5, 0.6) is 0 Å². The molecule has 92 valence electrons. The van der Waals surface area contributed by atoms with Crippen LogP contribution in [0.4, 0.5) is 0 Å². The maximum absolute atomic E-state index is 11.6. The molecule has 3 nitrogen and oxygen atoms in total. The van der Waals surface area contributed by atoms with E-state index in [2.05, 4.69) is 0 Å². The van der Waals surface area contributed by atoms with E-state index in [1.54, 1.807) is 0 Å². The molecule has 0 aliphatic heterocycles. The van der Waals surface area contributed by atoms with Gasteiger partial charge in [0.15, 0.2) is 0 Å². The van der Waals surface area contributed by atoms with Crippen molar-refractivity contribution < 1.29 is 15.0 Å². The fourth-order valence-electron chi connectivity index (χ4n) is 2.83. The van der Waals surface area contributed by atoms with Crippen LogP contribution in [0.2, 0.25) is 0 Å². The van der Waals surface area contributed by atoms with Gasteiger partial charge < -0.3 is 10.2 Å². The van der Waals surface area contributed by atoms with Crippen molar-refractivity contribution in [3.05, 3.63) is 35.9 Å². The van der Waals surface area contributed by atoms with Crippen molar-refractivity contribution >= 4 is 5.97 Å². The molecule has 17 heavy (non-hydrogen) atoms. The highest BCUT2D eigenvalue weighted by Gasteiger charge is 2.59. The summed E-state index contributed by atoms with van der Waals surface area (Å²) in [6.07, 6.45) is 0.197. The first-order chi connectivity index (χ1) is 7.90. The van der Waals surface area contributed by atoms with E-state index in [9.17, 15) is 15.0 Å². The number of carbonyl (C=O) groups is 1. The molecule has 0 spiro atoms. The molecule has 1 aliphatic rings. The highest BCUT2D eigenvalue weighted by Crippen LogP contribution is 2.55. The maximum Gasteiger partial charge on any atom is 0.310 e. The Bertz CT molecular complexity index is 416. The quantitative estimate of drug-likeness (QED) is 0.842. The number of carboxylic acids is 1. The predicted molar refractivity (Wildman–Crippen MR) is 64.8 cm³/mol. The van der Waals surface area contributed by atoms with Crippen LogP contribution in [-0.4, -0.2) is 22.3 Å². The molecular weight excluding hydrogens is 216 g/mol. The topological polar surface area (TPSA) is 57.5 Å². The molecule has 3 heteroatoms. The average molecular weight is 234 g/mol. The lowest BCUT2D eigenvalue weighted by atomic mass is 9.51. The van der Waals surface area contributed by atoms with Crippen LogP contribution in [-0.2, 0) is 10.2 Å². The van der Waals surface area contributed by atoms with E-state index >= 15 is 0 Å². The van der Waals surface area contributed by atoms with Crippen LogP contribution < -0.4 is 0 Å². The molecule has 0 amide bonds. The van der Waals surface area contributed by atoms with E-state index in [-0.39, 0.29) is 0 Å². The molecular formula is C14H18O3. The van der Waals surface area contributed by atoms with Crippen molar-refractivity contribution in [3.63, 3.8) is 0 Å². The lowest BCUT2D eigenvalue weighted by Gasteiger charge is -2.52. The molecule has 1 aliphatic carbocycles. The zero-order valence-electron chi connectivity index (χ0n) is 10.2. The Hall–Kier alpha value is -1.35. The van der Waals surface area contributed by atoms with Gasteiger partial charge >= 0.3 is 5.97 Å². The second-order valence-corrected chi connectivity index (χ2v) is 5.44. The fourth-order valence-corrected chi connectivity index (χ4v) is 2.83. The fraction of sp³-hybridized carbons (Fsp3) is 0.500. The molecule has 2 rings (SSSR count). The van der Waals surface area contributed by atoms with E-state index in [0.717, 1.165) is 5.56 Å². The van der Waals surface area contributed by atoms with Gasteiger partial charge in [0.2, 0.25) is 0 Å². The molecule has 0 radical (unpaired) electrons. The monoisotopic (exact) mass is 234 g/mol. The van der Waals surface area contributed by atoms with Gasteiger partial charge in [-0.1, -0.05) is 44.2 Å². The minimum absolute atomic E-state index is 0.338. The summed E-state index contributed by atoms with van der Waals surface area (Å²) in [7, 11) is 0. The van der Waals surface area contributed by atoms with Crippen molar-refractivity contribution in [2.24, 2.45) is 5.41 Å². The minimum Gasteiger partial charge on any atom is -0.481 e. The van der Waals surface area contributed by atoms with Gasteiger partial charge in [0, 0.05) is 5.41 Å². The number of carboxylic acid groups (broad SMARTS) is 1. The standard InChI is InChI=1S/C14H18O3/c1-13(2,10-6-4-3-5-7-10)14(12(16)17)8-11(15)9-14/h3-7,11,15H,8-9H2,1-2H3,(H,16,17). The van der Waals surface area contributed by atoms with Crippen LogP contribution in [0, 0.1) is 5.41 Å². The van der Waals surface area contributed by atoms with Gasteiger partial charge in [0.05, 0.1) is 11.5 Å². The summed E-state index contributed by atoms with van der Waals surface area (Å²) in [6, 6.07) is 9.66. The first kappa shape index (κ1) is 12.1. The second-order valence-electron chi connectivity index (χ2n) is 5.44. The highest BCUT2D eigenvalue weighted by molar-refractivity contribution is 5.78. The van der Waals surface area contributed by atoms with E-state index in [4.69, 9.17) is 0 Å². The Kier molecular flexibility index (Phi) is 2.74. The summed E-state index contributed by atoms with van der Waals surface area (Å²) >= 11 is 0. The number of benzene rings is 1. The van der Waals surface area contributed by atoms with Gasteiger partial charge in [-0.05, 0) is 18.4 Å². The smallest absolute Gasteiger partial charge is 0.310 e. The van der Waals surface area contributed by atoms with Crippen LogP contribution in [0.3, 0.4) is 0 Å². The molecule has 0 atom stereocenters. The molecule has 0 aromatic heterocycles. The largest absolute Gasteiger partial charge is 0.481 e. The van der Waals surface area contributed by atoms with Crippen molar-refractivity contribution in [2.45, 2.75) is 38.2 Å². The van der Waals surface area contributed by atoms with Crippen molar-refractivity contribution in [1.82, 2.24) is 0 Å². The summed E-state index contributed by atoms with van der Waals surface area (Å²) in [6.45, 7) is 3.89. The molecule has 1 aromatic rings. The van der Waals surface area contributed by atoms with Crippen molar-refractivity contribution in [1.29, 1.82) is 0 Å². The number of aliphatic hydroxyl groups is 1. The van der Waals surface area contributed by atoms with Gasteiger partial charge in [0.25, 0.3) is 0 Å². The van der Waals surface area contributed by atoms with Gasteiger partial charge in [-0.15, -0.1) is 0 Å². The Balaban J connectivity index is 2.40. The number of hydrogen-bond donors (Lipinski definition) is 2. The molecule has 2 N–H and O–H groups in total. The van der Waals surface area contributed by atoms with Crippen molar-refractivity contribution in [2.75, 3.05) is 0 Å². The molecule has 1 saturated carbocycles. The molecule has 0 unspecified atom stereocenters. The normalized spacial score (nSPS) is 28.5. The van der Waals surface area contributed by atoms with Gasteiger partial charge in [-0.2, -0.15) is 0 Å². The molecule has 1 aromatic carbocycles. The predicted octanol–water partition coefficient (Wildman–Crippen LogP) is 2.19. The average Bonchev–Trinajstić information content (AvgIpc) is 2.25. The van der Waals surface area contributed by atoms with Gasteiger partial charge in [0.1, 0.15) is 0 Å². The van der Waals surface area contributed by atoms with Crippen LogP contribution in [0.15, 0.2) is 30.3 Å². The Morgan fingerprint density at radius 1 is 1.29 bits per heavy atom. The summed E-state index contributed by atoms with van der Waals surface area (Å²) in [4.78, 5) is 11.6. The number of aliphatic hydroxyl groups excluding tert-OH is 1. The minimum atomic E-state index is -0.840. The van der Waals surface area contributed by atoms with E-state index in [1.165, 1.54) is 0 Å². The van der Waals surface area contributed by atoms with E-state index < -0.39 is 22.9 Å². The zero-order valence-corrected chi connectivity index (χ0v) is 10.2. The summed E-state index contributed by atoms with van der Waals surface area (Å²) in [5, 5.41) is 19.0. The number of hydrogen-bond acceptors (Lipinski definition) is 2. The van der Waals surface area contributed by atoms with Crippen LogP contribution in [0.1, 0.15) is 32.3 Å². The summed E-state index contributed by atoms with van der Waals surface area (Å²) in [5.74, 6) is -0.809. The third kappa shape index (κ3) is 1.65. The van der Waals surface area contributed by atoms with E-state index in [0.29, 0.717) is 12.8 Å². The molecule has 1 fully saturated rings. The first-order valence-corrected chi connectivity index (χ1v) is 5.87. The van der Waals surface area contributed by atoms with Crippen LogP contribution in [0.25, 0.3) is 0 Å². The SMILES string of the molecule is CC(C)(c1ccccc1)C1(C(=O)O)CC(O)C1. The Morgan fingerprint density at radius 2 is 1.82 bits per heavy atom. The highest BCUT2D eigenvalue weighted by atomic mass is 16.4. The molecule has 0 bridgehead atoms.